The molecule has 0 amide bonds. The van der Waals surface area contributed by atoms with Gasteiger partial charge in [-0.3, -0.25) is 4.79 Å². The standard InChI is InChI=1S/C17H17NO/c1-2-3-10-18-16-7-5-4-6-13(16)11-14-8-9-15(19)12-17(14)18/h4-9,11-12H,2-3,10H2,1H3. The number of hydrogen-bond donors (Lipinski definition) is 0. The predicted octanol–water partition coefficient (Wildman–Crippen LogP) is 3.91. The molecule has 0 unspecified atom stereocenters. The Bertz CT molecular complexity index is 742. The van der Waals surface area contributed by atoms with Crippen LogP contribution in [0.1, 0.15) is 19.8 Å². The highest BCUT2D eigenvalue weighted by molar-refractivity contribution is 5.86. The van der Waals surface area contributed by atoms with Crippen LogP contribution in [0.25, 0.3) is 22.2 Å². The molecular weight excluding hydrogens is 234 g/mol. The van der Waals surface area contributed by atoms with Crippen molar-refractivity contribution in [3.05, 3.63) is 58.8 Å². The molecule has 1 aliphatic carbocycles. The molecule has 2 aliphatic rings. The molecule has 0 radical (unpaired) electrons. The van der Waals surface area contributed by atoms with E-state index in [1.807, 2.05) is 6.07 Å². The normalized spacial score (nSPS) is 11.2. The van der Waals surface area contributed by atoms with Crippen LogP contribution in [-0.2, 0) is 6.54 Å². The Hall–Kier alpha value is -2.09. The van der Waals surface area contributed by atoms with Crippen LogP contribution in [0.2, 0.25) is 0 Å². The molecule has 0 aromatic heterocycles. The first-order valence-corrected chi connectivity index (χ1v) is 6.82. The van der Waals surface area contributed by atoms with E-state index in [4.69, 9.17) is 0 Å². The average Bonchev–Trinajstić information content (AvgIpc) is 2.44. The smallest absolute Gasteiger partial charge is 0.180 e. The van der Waals surface area contributed by atoms with Gasteiger partial charge in [0.15, 0.2) is 5.43 Å². The van der Waals surface area contributed by atoms with E-state index in [9.17, 15) is 4.79 Å². The van der Waals surface area contributed by atoms with Gasteiger partial charge in [0.05, 0.1) is 5.69 Å². The van der Waals surface area contributed by atoms with Gasteiger partial charge in [-0.1, -0.05) is 31.5 Å². The zero-order chi connectivity index (χ0) is 13.2. The van der Waals surface area contributed by atoms with Gasteiger partial charge in [-0.25, -0.2) is 0 Å². The van der Waals surface area contributed by atoms with Crippen LogP contribution in [0.3, 0.4) is 0 Å². The third-order valence-corrected chi connectivity index (χ3v) is 3.57. The van der Waals surface area contributed by atoms with Crippen LogP contribution in [0.15, 0.2) is 53.3 Å². The van der Waals surface area contributed by atoms with E-state index in [0.717, 1.165) is 30.6 Å². The highest BCUT2D eigenvalue weighted by Gasteiger charge is 2.10. The highest BCUT2D eigenvalue weighted by atomic mass is 16.1. The maximum Gasteiger partial charge on any atom is 0.180 e. The Morgan fingerprint density at radius 1 is 1.05 bits per heavy atom. The molecule has 1 aromatic carbocycles. The Morgan fingerprint density at radius 2 is 1.89 bits per heavy atom. The number of pyridine rings is 1. The minimum Gasteiger partial charge on any atom is -0.340 e. The summed E-state index contributed by atoms with van der Waals surface area (Å²) in [6.45, 7) is 3.14. The first-order valence-electron chi connectivity index (χ1n) is 6.82. The molecule has 0 saturated carbocycles. The van der Waals surface area contributed by atoms with Crippen LogP contribution in [0.4, 0.5) is 0 Å². The Balaban J connectivity index is 2.36. The number of fused-ring (bicyclic) bond motifs is 2. The van der Waals surface area contributed by atoms with E-state index >= 15 is 0 Å². The molecule has 1 heterocycles. The van der Waals surface area contributed by atoms with Crippen molar-refractivity contribution in [3.63, 3.8) is 0 Å². The lowest BCUT2D eigenvalue weighted by Gasteiger charge is -2.18. The maximum atomic E-state index is 11.6. The number of aryl methyl sites for hydroxylation is 1. The van der Waals surface area contributed by atoms with Crippen LogP contribution >= 0.6 is 0 Å². The summed E-state index contributed by atoms with van der Waals surface area (Å²) in [6.07, 6.45) is 2.27. The Morgan fingerprint density at radius 3 is 2.74 bits per heavy atom. The van der Waals surface area contributed by atoms with Crippen LogP contribution < -0.4 is 5.43 Å². The molecule has 2 heteroatoms. The molecular formula is C17H17NO. The van der Waals surface area contributed by atoms with E-state index in [-0.39, 0.29) is 5.43 Å². The second kappa shape index (κ2) is 4.88. The number of benzene rings is 2. The third kappa shape index (κ3) is 2.14. The van der Waals surface area contributed by atoms with E-state index in [1.165, 1.54) is 10.9 Å². The first-order chi connectivity index (χ1) is 9.29. The molecule has 1 aliphatic heterocycles. The zero-order valence-electron chi connectivity index (χ0n) is 11.1. The SMILES string of the molecule is CCCCn1c2cc(=O)ccc-2cc2ccccc21. The van der Waals surface area contributed by atoms with Gasteiger partial charge in [0.1, 0.15) is 0 Å². The summed E-state index contributed by atoms with van der Waals surface area (Å²) in [6, 6.07) is 15.8. The fourth-order valence-electron chi connectivity index (χ4n) is 2.59. The minimum absolute atomic E-state index is 0.0769. The van der Waals surface area contributed by atoms with E-state index in [2.05, 4.69) is 41.8 Å². The van der Waals surface area contributed by atoms with E-state index in [0.29, 0.717) is 0 Å². The van der Waals surface area contributed by atoms with Gasteiger partial charge in [-0.05, 0) is 41.6 Å². The molecule has 3 rings (SSSR count). The lowest BCUT2D eigenvalue weighted by Crippen LogP contribution is -2.09. The van der Waals surface area contributed by atoms with Crippen LogP contribution in [0.5, 0.6) is 0 Å². The van der Waals surface area contributed by atoms with Gasteiger partial charge in [0.25, 0.3) is 0 Å². The summed E-state index contributed by atoms with van der Waals surface area (Å²) in [4.78, 5) is 11.6. The van der Waals surface area contributed by atoms with Crippen molar-refractivity contribution in [2.24, 2.45) is 0 Å². The van der Waals surface area contributed by atoms with Crippen molar-refractivity contribution in [2.45, 2.75) is 26.3 Å². The minimum atomic E-state index is 0.0769. The monoisotopic (exact) mass is 251 g/mol. The topological polar surface area (TPSA) is 22.0 Å². The van der Waals surface area contributed by atoms with Gasteiger partial charge in [0, 0.05) is 18.1 Å². The van der Waals surface area contributed by atoms with Crippen molar-refractivity contribution in [2.75, 3.05) is 0 Å². The zero-order valence-corrected chi connectivity index (χ0v) is 11.1. The molecule has 0 fully saturated rings. The predicted molar refractivity (Wildman–Crippen MR) is 79.7 cm³/mol. The summed E-state index contributed by atoms with van der Waals surface area (Å²) in [5.41, 5.74) is 3.45. The summed E-state index contributed by atoms with van der Waals surface area (Å²) in [5.74, 6) is 0. The summed E-state index contributed by atoms with van der Waals surface area (Å²) in [5, 5.41) is 1.23. The molecule has 19 heavy (non-hydrogen) atoms. The van der Waals surface area contributed by atoms with Crippen molar-refractivity contribution < 1.29 is 0 Å². The summed E-state index contributed by atoms with van der Waals surface area (Å²) < 4.78 is 2.27. The number of unbranched alkanes of at least 4 members (excludes halogenated alkanes) is 1. The summed E-state index contributed by atoms with van der Waals surface area (Å²) >= 11 is 0. The molecule has 96 valence electrons. The lowest BCUT2D eigenvalue weighted by molar-refractivity contribution is 0.651. The Labute approximate surface area is 112 Å². The maximum absolute atomic E-state index is 11.6. The summed E-state index contributed by atoms with van der Waals surface area (Å²) in [7, 11) is 0. The second-order valence-corrected chi connectivity index (χ2v) is 4.93. The number of para-hydroxylation sites is 1. The molecule has 0 N–H and O–H groups in total. The van der Waals surface area contributed by atoms with E-state index in [1.54, 1.807) is 12.1 Å². The molecule has 0 saturated heterocycles. The van der Waals surface area contributed by atoms with E-state index < -0.39 is 0 Å². The lowest BCUT2D eigenvalue weighted by atomic mass is 10.0. The molecule has 1 aromatic rings. The number of aromatic nitrogens is 1. The second-order valence-electron chi connectivity index (χ2n) is 4.93. The number of nitrogens with zero attached hydrogens (tertiary/aromatic N) is 1. The largest absolute Gasteiger partial charge is 0.340 e. The third-order valence-electron chi connectivity index (χ3n) is 3.57. The van der Waals surface area contributed by atoms with Gasteiger partial charge in [-0.2, -0.15) is 0 Å². The quantitative estimate of drug-likeness (QED) is 0.647. The van der Waals surface area contributed by atoms with Crippen LogP contribution in [-0.4, -0.2) is 4.57 Å². The number of rotatable bonds is 3. The molecule has 0 spiro atoms. The first kappa shape index (κ1) is 12.0. The fourth-order valence-corrected chi connectivity index (χ4v) is 2.59. The van der Waals surface area contributed by atoms with Crippen molar-refractivity contribution in [3.8, 4) is 11.3 Å². The fraction of sp³-hybridized carbons (Fsp3) is 0.235. The van der Waals surface area contributed by atoms with Crippen molar-refractivity contribution in [1.29, 1.82) is 0 Å². The van der Waals surface area contributed by atoms with Crippen molar-refractivity contribution >= 4 is 10.9 Å². The van der Waals surface area contributed by atoms with Crippen molar-refractivity contribution in [1.82, 2.24) is 4.57 Å². The van der Waals surface area contributed by atoms with Gasteiger partial charge in [-0.15, -0.1) is 0 Å². The van der Waals surface area contributed by atoms with Gasteiger partial charge >= 0.3 is 0 Å². The molecule has 0 atom stereocenters. The average molecular weight is 251 g/mol. The molecule has 0 bridgehead atoms. The molecule has 2 nitrogen and oxygen atoms in total. The number of hydrogen-bond acceptors (Lipinski definition) is 1. The van der Waals surface area contributed by atoms with Gasteiger partial charge in [0.2, 0.25) is 0 Å². The van der Waals surface area contributed by atoms with Crippen LogP contribution in [0, 0.1) is 0 Å². The highest BCUT2D eigenvalue weighted by Crippen LogP contribution is 2.27. The van der Waals surface area contributed by atoms with Gasteiger partial charge < -0.3 is 4.57 Å². The Kier molecular flexibility index (Phi) is 3.08.